The van der Waals surface area contributed by atoms with Crippen LogP contribution in [0.1, 0.15) is 18.1 Å². The van der Waals surface area contributed by atoms with Crippen LogP contribution in [-0.2, 0) is 6.54 Å². The molecule has 1 aliphatic rings. The Morgan fingerprint density at radius 1 is 1.04 bits per heavy atom. The minimum absolute atomic E-state index is 0.222. The maximum absolute atomic E-state index is 13.0. The molecular formula is C19H21ClFN3. The number of rotatable bonds is 4. The highest BCUT2D eigenvalue weighted by molar-refractivity contribution is 6.31. The fourth-order valence-corrected chi connectivity index (χ4v) is 3.02. The van der Waals surface area contributed by atoms with Gasteiger partial charge in [-0.25, -0.2) is 4.39 Å². The van der Waals surface area contributed by atoms with E-state index in [2.05, 4.69) is 21.1 Å². The zero-order chi connectivity index (χ0) is 16.9. The lowest BCUT2D eigenvalue weighted by Gasteiger charge is -2.33. The third-order valence-corrected chi connectivity index (χ3v) is 4.62. The summed E-state index contributed by atoms with van der Waals surface area (Å²) in [6, 6.07) is 14.5. The van der Waals surface area contributed by atoms with Crippen molar-refractivity contribution < 1.29 is 4.39 Å². The number of halogens is 2. The third-order valence-electron chi connectivity index (χ3n) is 4.25. The minimum atomic E-state index is -0.222. The Morgan fingerprint density at radius 3 is 2.38 bits per heavy atom. The molecule has 0 spiro atoms. The number of hydrogen-bond donors (Lipinski definition) is 0. The fourth-order valence-electron chi connectivity index (χ4n) is 2.82. The zero-order valence-electron chi connectivity index (χ0n) is 13.8. The quantitative estimate of drug-likeness (QED) is 0.779. The van der Waals surface area contributed by atoms with Crippen LogP contribution in [0.5, 0.6) is 0 Å². The van der Waals surface area contributed by atoms with Gasteiger partial charge in [0.2, 0.25) is 0 Å². The van der Waals surface area contributed by atoms with Gasteiger partial charge in [-0.15, -0.1) is 0 Å². The smallest absolute Gasteiger partial charge is 0.123 e. The summed E-state index contributed by atoms with van der Waals surface area (Å²) in [5.74, 6) is -0.222. The third kappa shape index (κ3) is 4.34. The molecule has 0 radical (unpaired) electrons. The minimum Gasteiger partial charge on any atom is -0.295 e. The highest BCUT2D eigenvalue weighted by Gasteiger charge is 2.16. The maximum atomic E-state index is 13.0. The number of hydrazone groups is 1. The van der Waals surface area contributed by atoms with Gasteiger partial charge in [0.05, 0.1) is 5.71 Å². The summed E-state index contributed by atoms with van der Waals surface area (Å²) < 4.78 is 13.0. The molecule has 1 aliphatic heterocycles. The van der Waals surface area contributed by atoms with Gasteiger partial charge in [-0.1, -0.05) is 41.9 Å². The first kappa shape index (κ1) is 16.9. The Balaban J connectivity index is 1.56. The van der Waals surface area contributed by atoms with E-state index in [4.69, 9.17) is 11.6 Å². The average Bonchev–Trinajstić information content (AvgIpc) is 2.59. The summed E-state index contributed by atoms with van der Waals surface area (Å²) in [5.41, 5.74) is 3.03. The molecule has 0 atom stereocenters. The van der Waals surface area contributed by atoms with Crippen LogP contribution in [0.3, 0.4) is 0 Å². The Bertz CT molecular complexity index is 707. The van der Waals surface area contributed by atoms with Crippen molar-refractivity contribution in [3.8, 4) is 0 Å². The van der Waals surface area contributed by atoms with Crippen LogP contribution in [0.2, 0.25) is 5.02 Å². The van der Waals surface area contributed by atoms with E-state index in [9.17, 15) is 4.39 Å². The van der Waals surface area contributed by atoms with Gasteiger partial charge in [0.25, 0.3) is 0 Å². The summed E-state index contributed by atoms with van der Waals surface area (Å²) in [5, 5.41) is 7.58. The standard InChI is InChI=1S/C19H21ClFN3/c1-15(16-6-8-18(21)9-7-16)22-24-12-10-23(11-13-24)14-17-4-2-3-5-19(17)20/h2-9H,10-14H2,1H3/b22-15+. The lowest BCUT2D eigenvalue weighted by Crippen LogP contribution is -2.43. The Hall–Kier alpha value is -1.91. The second-order valence-corrected chi connectivity index (χ2v) is 6.42. The van der Waals surface area contributed by atoms with Crippen molar-refractivity contribution in [2.45, 2.75) is 13.5 Å². The van der Waals surface area contributed by atoms with E-state index in [1.165, 1.54) is 17.7 Å². The van der Waals surface area contributed by atoms with Crippen molar-refractivity contribution in [1.29, 1.82) is 0 Å². The Labute approximate surface area is 147 Å². The lowest BCUT2D eigenvalue weighted by molar-refractivity contribution is 0.130. The molecule has 1 saturated heterocycles. The molecule has 0 aromatic heterocycles. The average molecular weight is 346 g/mol. The molecule has 3 nitrogen and oxygen atoms in total. The topological polar surface area (TPSA) is 18.8 Å². The van der Waals surface area contributed by atoms with E-state index in [-0.39, 0.29) is 5.82 Å². The first-order valence-electron chi connectivity index (χ1n) is 8.13. The van der Waals surface area contributed by atoms with E-state index in [1.807, 2.05) is 25.1 Å². The van der Waals surface area contributed by atoms with Crippen molar-refractivity contribution >= 4 is 17.3 Å². The van der Waals surface area contributed by atoms with Crippen LogP contribution in [0.25, 0.3) is 0 Å². The van der Waals surface area contributed by atoms with Gasteiger partial charge >= 0.3 is 0 Å². The fraction of sp³-hybridized carbons (Fsp3) is 0.316. The zero-order valence-corrected chi connectivity index (χ0v) is 14.5. The first-order chi connectivity index (χ1) is 11.6. The molecule has 24 heavy (non-hydrogen) atoms. The van der Waals surface area contributed by atoms with E-state index in [1.54, 1.807) is 12.1 Å². The number of benzene rings is 2. The normalized spacial score (nSPS) is 16.5. The number of hydrogen-bond acceptors (Lipinski definition) is 3. The van der Waals surface area contributed by atoms with Gasteiger partial charge in [0.1, 0.15) is 5.82 Å². The molecule has 0 N–H and O–H groups in total. The molecule has 0 amide bonds. The van der Waals surface area contributed by atoms with E-state index in [0.29, 0.717) is 0 Å². The van der Waals surface area contributed by atoms with E-state index < -0.39 is 0 Å². The van der Waals surface area contributed by atoms with Crippen molar-refractivity contribution in [3.63, 3.8) is 0 Å². The SMILES string of the molecule is C/C(=N\N1CCN(Cc2ccccc2Cl)CC1)c1ccc(F)cc1. The van der Waals surface area contributed by atoms with Crippen molar-refractivity contribution in [1.82, 2.24) is 9.91 Å². The summed E-state index contributed by atoms with van der Waals surface area (Å²) in [7, 11) is 0. The number of nitrogens with zero attached hydrogens (tertiary/aromatic N) is 3. The molecule has 2 aromatic rings. The molecular weight excluding hydrogens is 325 g/mol. The van der Waals surface area contributed by atoms with Crippen LogP contribution in [0.4, 0.5) is 4.39 Å². The van der Waals surface area contributed by atoms with Crippen molar-refractivity contribution in [2.24, 2.45) is 5.10 Å². The molecule has 126 valence electrons. The van der Waals surface area contributed by atoms with Gasteiger partial charge in [-0.05, 0) is 36.2 Å². The van der Waals surface area contributed by atoms with Gasteiger partial charge in [-0.3, -0.25) is 9.91 Å². The second kappa shape index (κ2) is 7.77. The van der Waals surface area contributed by atoms with Crippen LogP contribution < -0.4 is 0 Å². The van der Waals surface area contributed by atoms with Gasteiger partial charge in [0, 0.05) is 37.7 Å². The highest BCUT2D eigenvalue weighted by atomic mass is 35.5. The summed E-state index contributed by atoms with van der Waals surface area (Å²) in [6.07, 6.45) is 0. The predicted octanol–water partition coefficient (Wildman–Crippen LogP) is 4.02. The van der Waals surface area contributed by atoms with Crippen molar-refractivity contribution in [2.75, 3.05) is 26.2 Å². The predicted molar refractivity (Wildman–Crippen MR) is 96.9 cm³/mol. The monoisotopic (exact) mass is 345 g/mol. The van der Waals surface area contributed by atoms with Crippen LogP contribution in [0, 0.1) is 5.82 Å². The first-order valence-corrected chi connectivity index (χ1v) is 8.51. The van der Waals surface area contributed by atoms with Crippen LogP contribution in [-0.4, -0.2) is 41.8 Å². The molecule has 1 fully saturated rings. The van der Waals surface area contributed by atoms with Gasteiger partial charge in [0.15, 0.2) is 0 Å². The Morgan fingerprint density at radius 2 is 1.71 bits per heavy atom. The molecule has 0 unspecified atom stereocenters. The molecule has 0 aliphatic carbocycles. The molecule has 0 bridgehead atoms. The second-order valence-electron chi connectivity index (χ2n) is 6.01. The van der Waals surface area contributed by atoms with E-state index in [0.717, 1.165) is 49.0 Å². The van der Waals surface area contributed by atoms with Gasteiger partial charge in [-0.2, -0.15) is 5.10 Å². The number of piperazine rings is 1. The summed E-state index contributed by atoms with van der Waals surface area (Å²) >= 11 is 6.23. The maximum Gasteiger partial charge on any atom is 0.123 e. The Kier molecular flexibility index (Phi) is 5.48. The summed E-state index contributed by atoms with van der Waals surface area (Å²) in [4.78, 5) is 2.39. The molecule has 1 heterocycles. The lowest BCUT2D eigenvalue weighted by atomic mass is 10.1. The van der Waals surface area contributed by atoms with Crippen LogP contribution in [0.15, 0.2) is 53.6 Å². The highest BCUT2D eigenvalue weighted by Crippen LogP contribution is 2.18. The van der Waals surface area contributed by atoms with E-state index >= 15 is 0 Å². The molecule has 3 rings (SSSR count). The van der Waals surface area contributed by atoms with Gasteiger partial charge < -0.3 is 0 Å². The molecule has 5 heteroatoms. The molecule has 2 aromatic carbocycles. The molecule has 0 saturated carbocycles. The largest absolute Gasteiger partial charge is 0.295 e. The van der Waals surface area contributed by atoms with Crippen LogP contribution >= 0.6 is 11.6 Å². The summed E-state index contributed by atoms with van der Waals surface area (Å²) in [6.45, 7) is 6.49. The van der Waals surface area contributed by atoms with Crippen molar-refractivity contribution in [3.05, 3.63) is 70.5 Å².